The van der Waals surface area contributed by atoms with E-state index in [4.69, 9.17) is 0 Å². The molecule has 0 fully saturated rings. The SMILES string of the molecule is CCC(CSC)N(C)c1ccc(CNC(C)(C)C)cn1. The number of thioether (sulfide) groups is 1. The molecule has 0 saturated carbocycles. The highest BCUT2D eigenvalue weighted by Crippen LogP contribution is 2.17. The average molecular weight is 295 g/mol. The Morgan fingerprint density at radius 1 is 1.35 bits per heavy atom. The van der Waals surface area contributed by atoms with Gasteiger partial charge in [-0.15, -0.1) is 0 Å². The van der Waals surface area contributed by atoms with Crippen molar-refractivity contribution in [3.8, 4) is 0 Å². The predicted molar refractivity (Wildman–Crippen MR) is 91.7 cm³/mol. The second-order valence-electron chi connectivity index (χ2n) is 6.26. The molecule has 1 aromatic rings. The lowest BCUT2D eigenvalue weighted by Crippen LogP contribution is -2.35. The number of nitrogens with one attached hydrogen (secondary N) is 1. The van der Waals surface area contributed by atoms with Crippen LogP contribution >= 0.6 is 11.8 Å². The van der Waals surface area contributed by atoms with E-state index in [1.54, 1.807) is 0 Å². The lowest BCUT2D eigenvalue weighted by Gasteiger charge is -2.28. The Balaban J connectivity index is 2.65. The Bertz CT molecular complexity index is 384. The summed E-state index contributed by atoms with van der Waals surface area (Å²) < 4.78 is 0. The Hall–Kier alpha value is -0.740. The predicted octanol–water partition coefficient (Wildman–Crippen LogP) is 3.55. The molecule has 0 aliphatic heterocycles. The number of nitrogens with zero attached hydrogens (tertiary/aromatic N) is 2. The molecular formula is C16H29N3S. The molecule has 0 aromatic carbocycles. The van der Waals surface area contributed by atoms with Crippen LogP contribution in [-0.4, -0.2) is 35.6 Å². The zero-order valence-corrected chi connectivity index (χ0v) is 14.5. The molecule has 20 heavy (non-hydrogen) atoms. The first-order chi connectivity index (χ1) is 9.37. The second kappa shape index (κ2) is 7.89. The number of rotatable bonds is 7. The van der Waals surface area contributed by atoms with Crippen molar-refractivity contribution >= 4 is 17.6 Å². The fourth-order valence-corrected chi connectivity index (χ4v) is 2.82. The van der Waals surface area contributed by atoms with Crippen molar-refractivity contribution in [3.05, 3.63) is 23.9 Å². The number of hydrogen-bond donors (Lipinski definition) is 1. The molecule has 1 atom stereocenters. The maximum Gasteiger partial charge on any atom is 0.128 e. The molecule has 1 N–H and O–H groups in total. The zero-order chi connectivity index (χ0) is 15.2. The fraction of sp³-hybridized carbons (Fsp3) is 0.688. The van der Waals surface area contributed by atoms with Crippen LogP contribution in [0, 0.1) is 0 Å². The highest BCUT2D eigenvalue weighted by molar-refractivity contribution is 7.98. The van der Waals surface area contributed by atoms with Crippen molar-refractivity contribution in [2.24, 2.45) is 0 Å². The summed E-state index contributed by atoms with van der Waals surface area (Å²) >= 11 is 1.89. The summed E-state index contributed by atoms with van der Waals surface area (Å²) in [6, 6.07) is 4.85. The van der Waals surface area contributed by atoms with E-state index in [0.717, 1.165) is 24.5 Å². The Labute approximate surface area is 128 Å². The lowest BCUT2D eigenvalue weighted by molar-refractivity contribution is 0.424. The van der Waals surface area contributed by atoms with Gasteiger partial charge in [0.2, 0.25) is 0 Å². The maximum atomic E-state index is 4.61. The topological polar surface area (TPSA) is 28.2 Å². The molecule has 1 aromatic heterocycles. The number of aromatic nitrogens is 1. The van der Waals surface area contributed by atoms with Crippen LogP contribution in [0.2, 0.25) is 0 Å². The molecule has 0 amide bonds. The molecule has 1 heterocycles. The average Bonchev–Trinajstić information content (AvgIpc) is 2.41. The van der Waals surface area contributed by atoms with Crippen LogP contribution in [0.25, 0.3) is 0 Å². The van der Waals surface area contributed by atoms with Gasteiger partial charge in [0.15, 0.2) is 0 Å². The minimum absolute atomic E-state index is 0.140. The quantitative estimate of drug-likeness (QED) is 0.832. The van der Waals surface area contributed by atoms with Gasteiger partial charge in [0.1, 0.15) is 5.82 Å². The summed E-state index contributed by atoms with van der Waals surface area (Å²) in [6.45, 7) is 9.63. The van der Waals surface area contributed by atoms with Crippen molar-refractivity contribution in [1.82, 2.24) is 10.3 Å². The Morgan fingerprint density at radius 3 is 2.50 bits per heavy atom. The Morgan fingerprint density at radius 2 is 2.05 bits per heavy atom. The smallest absolute Gasteiger partial charge is 0.128 e. The van der Waals surface area contributed by atoms with Gasteiger partial charge in [-0.1, -0.05) is 13.0 Å². The molecule has 1 rings (SSSR count). The summed E-state index contributed by atoms with van der Waals surface area (Å²) in [4.78, 5) is 6.90. The normalized spacial score (nSPS) is 13.3. The van der Waals surface area contributed by atoms with E-state index in [-0.39, 0.29) is 5.54 Å². The first kappa shape index (κ1) is 17.3. The minimum Gasteiger partial charge on any atom is -0.356 e. The molecule has 0 saturated heterocycles. The van der Waals surface area contributed by atoms with Gasteiger partial charge >= 0.3 is 0 Å². The summed E-state index contributed by atoms with van der Waals surface area (Å²) in [5.74, 6) is 2.20. The van der Waals surface area contributed by atoms with Gasteiger partial charge in [0.05, 0.1) is 0 Å². The zero-order valence-electron chi connectivity index (χ0n) is 13.7. The van der Waals surface area contributed by atoms with Crippen molar-refractivity contribution in [1.29, 1.82) is 0 Å². The van der Waals surface area contributed by atoms with Gasteiger partial charge in [-0.05, 0) is 45.1 Å². The summed E-state index contributed by atoms with van der Waals surface area (Å²) in [5.41, 5.74) is 1.37. The van der Waals surface area contributed by atoms with Crippen LogP contribution in [0.3, 0.4) is 0 Å². The number of pyridine rings is 1. The summed E-state index contributed by atoms with van der Waals surface area (Å²) in [5, 5.41) is 3.48. The van der Waals surface area contributed by atoms with Gasteiger partial charge in [0, 0.05) is 37.1 Å². The summed E-state index contributed by atoms with van der Waals surface area (Å²) in [7, 11) is 2.14. The monoisotopic (exact) mass is 295 g/mol. The molecule has 0 bridgehead atoms. The minimum atomic E-state index is 0.140. The molecular weight excluding hydrogens is 266 g/mol. The lowest BCUT2D eigenvalue weighted by atomic mass is 10.1. The molecule has 4 heteroatoms. The number of hydrogen-bond acceptors (Lipinski definition) is 4. The van der Waals surface area contributed by atoms with Gasteiger partial charge < -0.3 is 10.2 Å². The maximum absolute atomic E-state index is 4.61. The third kappa shape index (κ3) is 5.71. The van der Waals surface area contributed by atoms with Crippen molar-refractivity contribution < 1.29 is 0 Å². The van der Waals surface area contributed by atoms with Crippen molar-refractivity contribution in [2.75, 3.05) is 24.0 Å². The highest BCUT2D eigenvalue weighted by atomic mass is 32.2. The summed E-state index contributed by atoms with van der Waals surface area (Å²) in [6.07, 6.45) is 5.29. The van der Waals surface area contributed by atoms with E-state index in [1.807, 2.05) is 18.0 Å². The van der Waals surface area contributed by atoms with Crippen LogP contribution in [0.15, 0.2) is 18.3 Å². The van der Waals surface area contributed by atoms with Gasteiger partial charge in [-0.25, -0.2) is 4.98 Å². The molecule has 0 spiro atoms. The molecule has 0 aliphatic rings. The van der Waals surface area contributed by atoms with Gasteiger partial charge in [0.25, 0.3) is 0 Å². The molecule has 1 unspecified atom stereocenters. The molecule has 114 valence electrons. The highest BCUT2D eigenvalue weighted by Gasteiger charge is 2.14. The van der Waals surface area contributed by atoms with E-state index in [0.29, 0.717) is 6.04 Å². The van der Waals surface area contributed by atoms with E-state index >= 15 is 0 Å². The van der Waals surface area contributed by atoms with E-state index < -0.39 is 0 Å². The van der Waals surface area contributed by atoms with Gasteiger partial charge in [-0.3, -0.25) is 0 Å². The van der Waals surface area contributed by atoms with Crippen LogP contribution < -0.4 is 10.2 Å². The van der Waals surface area contributed by atoms with E-state index in [1.165, 1.54) is 5.56 Å². The Kier molecular flexibility index (Phi) is 6.83. The first-order valence-electron chi connectivity index (χ1n) is 7.29. The first-order valence-corrected chi connectivity index (χ1v) is 8.68. The second-order valence-corrected chi connectivity index (χ2v) is 7.17. The fourth-order valence-electron chi connectivity index (χ4n) is 1.98. The molecule has 0 radical (unpaired) electrons. The molecule has 3 nitrogen and oxygen atoms in total. The van der Waals surface area contributed by atoms with Crippen LogP contribution in [0.5, 0.6) is 0 Å². The van der Waals surface area contributed by atoms with Crippen LogP contribution in [-0.2, 0) is 6.54 Å². The van der Waals surface area contributed by atoms with Crippen molar-refractivity contribution in [2.45, 2.75) is 52.2 Å². The largest absolute Gasteiger partial charge is 0.356 e. The molecule has 0 aliphatic carbocycles. The third-order valence-corrected chi connectivity index (χ3v) is 4.09. The number of anilines is 1. The van der Waals surface area contributed by atoms with Crippen molar-refractivity contribution in [3.63, 3.8) is 0 Å². The van der Waals surface area contributed by atoms with E-state index in [2.05, 4.69) is 68.3 Å². The van der Waals surface area contributed by atoms with Crippen LogP contribution in [0.4, 0.5) is 5.82 Å². The third-order valence-electron chi connectivity index (χ3n) is 3.37. The van der Waals surface area contributed by atoms with Crippen LogP contribution in [0.1, 0.15) is 39.7 Å². The van der Waals surface area contributed by atoms with Gasteiger partial charge in [-0.2, -0.15) is 11.8 Å². The van der Waals surface area contributed by atoms with E-state index in [9.17, 15) is 0 Å². The standard InChI is InChI=1S/C16H29N3S/c1-7-14(12-20-6)19(5)15-9-8-13(10-17-15)11-18-16(2,3)4/h8-10,14,18H,7,11-12H2,1-6H3.